The number of hydrogen-bond acceptors (Lipinski definition) is 9. The maximum atomic E-state index is 13.3. The highest BCUT2D eigenvalue weighted by Gasteiger charge is 2.38. The highest BCUT2D eigenvalue weighted by Crippen LogP contribution is 2.37. The van der Waals surface area contributed by atoms with Crippen molar-refractivity contribution in [1.29, 1.82) is 0 Å². The largest absolute Gasteiger partial charge is 0.468 e. The summed E-state index contributed by atoms with van der Waals surface area (Å²) < 4.78 is 16.0. The Morgan fingerprint density at radius 3 is 2.91 bits per heavy atom. The summed E-state index contributed by atoms with van der Waals surface area (Å²) >= 11 is 8.66. The van der Waals surface area contributed by atoms with Crippen LogP contribution in [0.4, 0.5) is 5.95 Å². The zero-order valence-corrected chi connectivity index (χ0v) is 22.9. The zero-order valence-electron chi connectivity index (χ0n) is 19.2. The van der Waals surface area contributed by atoms with Gasteiger partial charge in [0.05, 0.1) is 43.3 Å². The zero-order chi connectivity index (χ0) is 24.8. The van der Waals surface area contributed by atoms with Gasteiger partial charge in [-0.15, -0.1) is 0 Å². The first-order valence-electron chi connectivity index (χ1n) is 11.2. The van der Waals surface area contributed by atoms with Gasteiger partial charge in [0.2, 0.25) is 5.95 Å². The molecule has 1 unspecified atom stereocenters. The maximum absolute atomic E-state index is 13.3. The molecule has 188 valence electrons. The summed E-state index contributed by atoms with van der Waals surface area (Å²) in [4.78, 5) is 35.8. The number of ether oxygens (including phenoxy) is 3. The van der Waals surface area contributed by atoms with Crippen LogP contribution in [0.2, 0.25) is 5.02 Å². The Morgan fingerprint density at radius 1 is 1.37 bits per heavy atom. The third kappa shape index (κ3) is 6.37. The minimum Gasteiger partial charge on any atom is -0.468 e. The molecule has 9 nitrogen and oxygen atoms in total. The second-order valence-electron chi connectivity index (χ2n) is 8.14. The Balaban J connectivity index is 1.60. The molecule has 0 bridgehead atoms. The fourth-order valence-electron chi connectivity index (χ4n) is 4.16. The Kier molecular flexibility index (Phi) is 9.45. The average Bonchev–Trinajstić information content (AvgIpc) is 3.13. The van der Waals surface area contributed by atoms with Gasteiger partial charge >= 0.3 is 5.97 Å². The van der Waals surface area contributed by atoms with Gasteiger partial charge in [0.1, 0.15) is 6.54 Å². The number of esters is 1. The summed E-state index contributed by atoms with van der Waals surface area (Å²) in [6, 6.07) is 5.39. The number of hydrogen-bond donors (Lipinski definition) is 1. The van der Waals surface area contributed by atoms with Crippen molar-refractivity contribution in [2.75, 3.05) is 51.2 Å². The predicted molar refractivity (Wildman–Crippen MR) is 143 cm³/mol. The number of halogens is 2. The summed E-state index contributed by atoms with van der Waals surface area (Å²) in [5.74, 6) is 0.576. The van der Waals surface area contributed by atoms with Crippen LogP contribution in [-0.2, 0) is 19.0 Å². The van der Waals surface area contributed by atoms with E-state index < -0.39 is 5.97 Å². The first-order valence-corrected chi connectivity index (χ1v) is 15.1. The molecule has 1 atom stereocenters. The third-order valence-corrected chi connectivity index (χ3v) is 7.88. The number of methoxy groups -OCH3 is 1. The normalized spacial score (nSPS) is 18.0. The van der Waals surface area contributed by atoms with Gasteiger partial charge in [-0.3, -0.25) is 9.59 Å². The predicted octanol–water partition coefficient (Wildman–Crippen LogP) is 4.16. The van der Waals surface area contributed by atoms with Crippen molar-refractivity contribution in [3.05, 3.63) is 40.5 Å². The highest BCUT2D eigenvalue weighted by molar-refractivity contribution is 14.2. The van der Waals surface area contributed by atoms with Gasteiger partial charge < -0.3 is 24.4 Å². The quantitative estimate of drug-likeness (QED) is 0.235. The average molecular weight is 633 g/mol. The number of anilines is 1. The number of fused-ring (bicyclic) bond motifs is 1. The van der Waals surface area contributed by atoms with Crippen LogP contribution in [0.1, 0.15) is 34.8 Å². The Bertz CT molecular complexity index is 1070. The van der Waals surface area contributed by atoms with Gasteiger partial charge in [-0.25, -0.2) is 9.97 Å². The summed E-state index contributed by atoms with van der Waals surface area (Å²) in [6.45, 7) is 2.10. The van der Waals surface area contributed by atoms with Crippen molar-refractivity contribution in [1.82, 2.24) is 14.9 Å². The van der Waals surface area contributed by atoms with Gasteiger partial charge in [-0.1, -0.05) is 32.7 Å². The van der Waals surface area contributed by atoms with Gasteiger partial charge in [0.25, 0.3) is 5.91 Å². The van der Waals surface area contributed by atoms with Gasteiger partial charge in [-0.05, 0) is 45.7 Å². The van der Waals surface area contributed by atoms with Crippen LogP contribution in [0.15, 0.2) is 24.4 Å². The summed E-state index contributed by atoms with van der Waals surface area (Å²) in [6.07, 6.45) is 3.32. The molecule has 0 aliphatic carbocycles. The van der Waals surface area contributed by atoms with Crippen LogP contribution in [0, 0.1) is 0 Å². The number of nitrogens with zero attached hydrogens (tertiary/aromatic N) is 3. The Hall–Kier alpha value is -1.67. The standard InChI is InChI=1S/C23H26ClIN4O5S/c1-32-20(30)12-29-19(13-34-8-9-35-25)16-3-2-14(10-17(16)22(29)31)21-18(24)11-26-23(28-21)27-15-4-6-33-7-5-15/h2-3,10-11,15,19H,4-9,12-13H2,1H3,(H,26,27,28). The first-order chi connectivity index (χ1) is 17.0. The molecule has 35 heavy (non-hydrogen) atoms. The lowest BCUT2D eigenvalue weighted by Gasteiger charge is -2.24. The second-order valence-corrected chi connectivity index (χ2v) is 11.0. The molecule has 2 aromatic rings. The van der Waals surface area contributed by atoms with E-state index in [0.717, 1.165) is 24.2 Å². The minimum atomic E-state index is -0.484. The van der Waals surface area contributed by atoms with Crippen molar-refractivity contribution in [3.63, 3.8) is 0 Å². The van der Waals surface area contributed by atoms with Crippen molar-refractivity contribution in [2.45, 2.75) is 24.9 Å². The lowest BCUT2D eigenvalue weighted by molar-refractivity contribution is -0.142. The molecule has 2 aliphatic rings. The number of carbonyl (C=O) groups is 2. The SMILES string of the molecule is COC(=O)CN1C(=O)c2cc(-c3nc(NC4CCOCC4)ncc3Cl)ccc2C1COCCSI. The molecule has 1 saturated heterocycles. The van der Waals surface area contributed by atoms with Crippen LogP contribution in [0.5, 0.6) is 0 Å². The lowest BCUT2D eigenvalue weighted by Crippen LogP contribution is -2.35. The molecule has 0 radical (unpaired) electrons. The van der Waals surface area contributed by atoms with Crippen LogP contribution in [0.3, 0.4) is 0 Å². The fourth-order valence-corrected chi connectivity index (χ4v) is 5.08. The number of carbonyl (C=O) groups excluding carboxylic acids is 2. The number of amides is 1. The van der Waals surface area contributed by atoms with E-state index in [1.54, 1.807) is 21.2 Å². The number of benzene rings is 1. The highest BCUT2D eigenvalue weighted by atomic mass is 127. The molecular weight excluding hydrogens is 607 g/mol. The molecule has 0 saturated carbocycles. The van der Waals surface area contributed by atoms with Crippen molar-refractivity contribution < 1.29 is 23.8 Å². The second kappa shape index (κ2) is 12.5. The van der Waals surface area contributed by atoms with Gasteiger partial charge in [0, 0.05) is 36.1 Å². The summed E-state index contributed by atoms with van der Waals surface area (Å²) in [5, 5.41) is 3.73. The smallest absolute Gasteiger partial charge is 0.325 e. The maximum Gasteiger partial charge on any atom is 0.325 e. The molecule has 2 aliphatic heterocycles. The van der Waals surface area contributed by atoms with E-state index in [0.29, 0.717) is 54.2 Å². The van der Waals surface area contributed by atoms with Gasteiger partial charge in [-0.2, -0.15) is 0 Å². The molecule has 0 spiro atoms. The molecule has 3 heterocycles. The first kappa shape index (κ1) is 26.4. The number of nitrogens with one attached hydrogen (secondary N) is 1. The van der Waals surface area contributed by atoms with E-state index in [9.17, 15) is 9.59 Å². The van der Waals surface area contributed by atoms with Crippen LogP contribution in [0.25, 0.3) is 11.3 Å². The molecular formula is C23H26ClIN4O5S. The monoisotopic (exact) mass is 632 g/mol. The van der Waals surface area contributed by atoms with Crippen LogP contribution >= 0.6 is 41.7 Å². The molecule has 1 amide bonds. The Morgan fingerprint density at radius 2 is 2.17 bits per heavy atom. The summed E-state index contributed by atoms with van der Waals surface area (Å²) in [7, 11) is 2.96. The number of rotatable bonds is 10. The minimum absolute atomic E-state index is 0.151. The van der Waals surface area contributed by atoms with E-state index in [4.69, 9.17) is 25.8 Å². The third-order valence-electron chi connectivity index (χ3n) is 5.96. The van der Waals surface area contributed by atoms with Crippen molar-refractivity contribution in [2.24, 2.45) is 0 Å². The van der Waals surface area contributed by atoms with E-state index in [1.807, 2.05) is 12.1 Å². The van der Waals surface area contributed by atoms with Crippen molar-refractivity contribution in [3.8, 4) is 11.3 Å². The van der Waals surface area contributed by atoms with Gasteiger partial charge in [0.15, 0.2) is 0 Å². The molecule has 1 aromatic heterocycles. The topological polar surface area (TPSA) is 103 Å². The van der Waals surface area contributed by atoms with Crippen LogP contribution in [-0.4, -0.2) is 78.6 Å². The van der Waals surface area contributed by atoms with E-state index >= 15 is 0 Å². The molecule has 4 rings (SSSR count). The fraction of sp³-hybridized carbons (Fsp3) is 0.478. The Labute approximate surface area is 225 Å². The molecule has 1 fully saturated rings. The lowest BCUT2D eigenvalue weighted by atomic mass is 10.0. The number of aromatic nitrogens is 2. The molecule has 12 heteroatoms. The van der Waals surface area contributed by atoms with Crippen molar-refractivity contribution >= 4 is 59.6 Å². The molecule has 1 aromatic carbocycles. The molecule has 1 N–H and O–H groups in total. The van der Waals surface area contributed by atoms with E-state index in [2.05, 4.69) is 36.5 Å². The van der Waals surface area contributed by atoms with E-state index in [1.165, 1.54) is 12.0 Å². The summed E-state index contributed by atoms with van der Waals surface area (Å²) in [5.41, 5.74) is 2.53. The van der Waals surface area contributed by atoms with Crippen LogP contribution < -0.4 is 5.32 Å². The van der Waals surface area contributed by atoms with E-state index in [-0.39, 0.29) is 24.5 Å².